The molecule has 0 fully saturated rings. The van der Waals surface area contributed by atoms with Crippen LogP contribution in [0.1, 0.15) is 19.8 Å². The molecule has 2 aromatic rings. The summed E-state index contributed by atoms with van der Waals surface area (Å²) in [5.74, 6) is 1.46. The molecule has 0 saturated carbocycles. The summed E-state index contributed by atoms with van der Waals surface area (Å²) >= 11 is 6.12. The van der Waals surface area contributed by atoms with E-state index in [1.807, 2.05) is 37.4 Å². The average molecular weight is 291 g/mol. The van der Waals surface area contributed by atoms with Crippen LogP contribution >= 0.6 is 11.6 Å². The minimum absolute atomic E-state index is 0.555. The van der Waals surface area contributed by atoms with Gasteiger partial charge in [-0.2, -0.15) is 4.98 Å². The van der Waals surface area contributed by atoms with E-state index in [-0.39, 0.29) is 0 Å². The molecule has 0 saturated heterocycles. The highest BCUT2D eigenvalue weighted by Gasteiger charge is 2.05. The van der Waals surface area contributed by atoms with Crippen molar-refractivity contribution in [1.29, 1.82) is 0 Å². The van der Waals surface area contributed by atoms with Gasteiger partial charge < -0.3 is 10.2 Å². The van der Waals surface area contributed by atoms with Crippen molar-refractivity contribution >= 4 is 29.1 Å². The first-order valence-corrected chi connectivity index (χ1v) is 7.14. The van der Waals surface area contributed by atoms with Gasteiger partial charge in [0.15, 0.2) is 0 Å². The zero-order chi connectivity index (χ0) is 14.4. The monoisotopic (exact) mass is 290 g/mol. The predicted octanol–water partition coefficient (Wildman–Crippen LogP) is 4.11. The van der Waals surface area contributed by atoms with E-state index in [1.165, 1.54) is 6.42 Å². The van der Waals surface area contributed by atoms with Crippen molar-refractivity contribution in [3.63, 3.8) is 0 Å². The normalized spacial score (nSPS) is 10.3. The first-order chi connectivity index (χ1) is 9.70. The molecule has 1 aromatic heterocycles. The van der Waals surface area contributed by atoms with Crippen LogP contribution in [0.5, 0.6) is 0 Å². The van der Waals surface area contributed by atoms with Crippen molar-refractivity contribution in [2.45, 2.75) is 19.8 Å². The van der Waals surface area contributed by atoms with Crippen molar-refractivity contribution < 1.29 is 0 Å². The number of para-hydroxylation sites is 1. The molecule has 0 unspecified atom stereocenters. The molecule has 5 heteroatoms. The van der Waals surface area contributed by atoms with Crippen molar-refractivity contribution in [3.8, 4) is 0 Å². The van der Waals surface area contributed by atoms with Gasteiger partial charge in [-0.1, -0.05) is 37.1 Å². The lowest BCUT2D eigenvalue weighted by atomic mass is 10.3. The van der Waals surface area contributed by atoms with Gasteiger partial charge in [-0.05, 0) is 24.6 Å². The number of rotatable bonds is 6. The molecule has 106 valence electrons. The predicted molar refractivity (Wildman–Crippen MR) is 84.9 cm³/mol. The number of halogens is 1. The van der Waals surface area contributed by atoms with Gasteiger partial charge >= 0.3 is 0 Å². The van der Waals surface area contributed by atoms with E-state index in [2.05, 4.69) is 27.1 Å². The minimum atomic E-state index is 0.555. The molecule has 0 bridgehead atoms. The highest BCUT2D eigenvalue weighted by molar-refractivity contribution is 6.33. The standard InChI is InChI=1S/C15H19ClN4/c1-3-4-11-20(2)14-9-10-17-15(19-14)18-13-8-6-5-7-12(13)16/h5-10H,3-4,11H2,1-2H3,(H,17,18,19). The molecule has 0 aliphatic carbocycles. The van der Waals surface area contributed by atoms with E-state index in [4.69, 9.17) is 11.6 Å². The van der Waals surface area contributed by atoms with Gasteiger partial charge in [0.05, 0.1) is 10.7 Å². The third-order valence-corrected chi connectivity index (χ3v) is 3.33. The number of aromatic nitrogens is 2. The van der Waals surface area contributed by atoms with Gasteiger partial charge in [-0.3, -0.25) is 0 Å². The Labute approximate surface area is 124 Å². The van der Waals surface area contributed by atoms with Gasteiger partial charge in [0.25, 0.3) is 0 Å². The average Bonchev–Trinajstić information content (AvgIpc) is 2.47. The Hall–Kier alpha value is -1.81. The number of nitrogens with one attached hydrogen (secondary N) is 1. The van der Waals surface area contributed by atoms with E-state index in [0.29, 0.717) is 11.0 Å². The van der Waals surface area contributed by atoms with Crippen LogP contribution in [0.15, 0.2) is 36.5 Å². The molecule has 0 radical (unpaired) electrons. The van der Waals surface area contributed by atoms with Crippen molar-refractivity contribution in [1.82, 2.24) is 9.97 Å². The number of hydrogen-bond donors (Lipinski definition) is 1. The molecule has 0 atom stereocenters. The molecule has 1 heterocycles. The maximum atomic E-state index is 6.12. The van der Waals surface area contributed by atoms with E-state index in [1.54, 1.807) is 6.20 Å². The first-order valence-electron chi connectivity index (χ1n) is 6.76. The molecule has 1 aromatic carbocycles. The van der Waals surface area contributed by atoms with E-state index < -0.39 is 0 Å². The number of anilines is 3. The lowest BCUT2D eigenvalue weighted by Gasteiger charge is -2.18. The molecule has 20 heavy (non-hydrogen) atoms. The van der Waals surface area contributed by atoms with Crippen LogP contribution in [0.3, 0.4) is 0 Å². The van der Waals surface area contributed by atoms with Gasteiger partial charge in [-0.15, -0.1) is 0 Å². The van der Waals surface area contributed by atoms with Gasteiger partial charge in [-0.25, -0.2) is 4.98 Å². The summed E-state index contributed by atoms with van der Waals surface area (Å²) in [6, 6.07) is 9.46. The second-order valence-corrected chi connectivity index (χ2v) is 5.03. The zero-order valence-corrected chi connectivity index (χ0v) is 12.6. The van der Waals surface area contributed by atoms with Crippen LogP contribution in [-0.2, 0) is 0 Å². The fourth-order valence-corrected chi connectivity index (χ4v) is 2.00. The van der Waals surface area contributed by atoms with E-state index in [9.17, 15) is 0 Å². The number of unbranched alkanes of at least 4 members (excludes halogenated alkanes) is 1. The quantitative estimate of drug-likeness (QED) is 0.869. The summed E-state index contributed by atoms with van der Waals surface area (Å²) in [5, 5.41) is 3.80. The summed E-state index contributed by atoms with van der Waals surface area (Å²) in [4.78, 5) is 10.9. The number of benzene rings is 1. The Kier molecular flexibility index (Phi) is 5.18. The fraction of sp³-hybridized carbons (Fsp3) is 0.333. The number of hydrogen-bond acceptors (Lipinski definition) is 4. The molecule has 4 nitrogen and oxygen atoms in total. The summed E-state index contributed by atoms with van der Waals surface area (Å²) in [7, 11) is 2.04. The molecule has 0 spiro atoms. The Bertz CT molecular complexity index is 559. The van der Waals surface area contributed by atoms with Gasteiger partial charge in [0.1, 0.15) is 5.82 Å². The fourth-order valence-electron chi connectivity index (χ4n) is 1.81. The van der Waals surface area contributed by atoms with Gasteiger partial charge in [0, 0.05) is 19.8 Å². The topological polar surface area (TPSA) is 41.1 Å². The zero-order valence-electron chi connectivity index (χ0n) is 11.8. The smallest absolute Gasteiger partial charge is 0.229 e. The van der Waals surface area contributed by atoms with E-state index >= 15 is 0 Å². The third-order valence-electron chi connectivity index (χ3n) is 3.00. The Morgan fingerprint density at radius 1 is 1.25 bits per heavy atom. The van der Waals surface area contributed by atoms with Crippen LogP contribution < -0.4 is 10.2 Å². The molecule has 2 rings (SSSR count). The largest absolute Gasteiger partial charge is 0.360 e. The maximum Gasteiger partial charge on any atom is 0.229 e. The second kappa shape index (κ2) is 7.10. The van der Waals surface area contributed by atoms with Crippen molar-refractivity contribution in [2.24, 2.45) is 0 Å². The molecule has 0 aliphatic rings. The van der Waals surface area contributed by atoms with Crippen LogP contribution in [0, 0.1) is 0 Å². The second-order valence-electron chi connectivity index (χ2n) is 4.62. The highest BCUT2D eigenvalue weighted by atomic mass is 35.5. The minimum Gasteiger partial charge on any atom is -0.360 e. The Morgan fingerprint density at radius 2 is 2.05 bits per heavy atom. The van der Waals surface area contributed by atoms with Crippen LogP contribution in [0.4, 0.5) is 17.5 Å². The highest BCUT2D eigenvalue weighted by Crippen LogP contribution is 2.23. The Morgan fingerprint density at radius 3 is 2.80 bits per heavy atom. The third kappa shape index (κ3) is 3.84. The van der Waals surface area contributed by atoms with Crippen LogP contribution in [0.2, 0.25) is 5.02 Å². The van der Waals surface area contributed by atoms with Crippen molar-refractivity contribution in [2.75, 3.05) is 23.8 Å². The lowest BCUT2D eigenvalue weighted by Crippen LogP contribution is -2.19. The molecular formula is C15H19ClN4. The van der Waals surface area contributed by atoms with E-state index in [0.717, 1.165) is 24.5 Å². The first kappa shape index (κ1) is 14.6. The summed E-state index contributed by atoms with van der Waals surface area (Å²) < 4.78 is 0. The summed E-state index contributed by atoms with van der Waals surface area (Å²) in [6.45, 7) is 3.16. The summed E-state index contributed by atoms with van der Waals surface area (Å²) in [6.07, 6.45) is 4.07. The molecule has 0 amide bonds. The maximum absolute atomic E-state index is 6.12. The molecule has 1 N–H and O–H groups in total. The Balaban J connectivity index is 2.12. The SMILES string of the molecule is CCCCN(C)c1ccnc(Nc2ccccc2Cl)n1. The molecule has 0 aliphatic heterocycles. The van der Waals surface area contributed by atoms with Gasteiger partial charge in [0.2, 0.25) is 5.95 Å². The van der Waals surface area contributed by atoms with Crippen LogP contribution in [0.25, 0.3) is 0 Å². The summed E-state index contributed by atoms with van der Waals surface area (Å²) in [5.41, 5.74) is 0.808. The van der Waals surface area contributed by atoms with Crippen molar-refractivity contribution in [3.05, 3.63) is 41.6 Å². The van der Waals surface area contributed by atoms with Crippen LogP contribution in [-0.4, -0.2) is 23.6 Å². The lowest BCUT2D eigenvalue weighted by molar-refractivity contribution is 0.759. The molecular weight excluding hydrogens is 272 g/mol. The number of nitrogens with zero attached hydrogens (tertiary/aromatic N) is 3.